The Morgan fingerprint density at radius 3 is 2.64 bits per heavy atom. The minimum absolute atomic E-state index is 0.0900. The van der Waals surface area contributed by atoms with Gasteiger partial charge in [0, 0.05) is 23.8 Å². The van der Waals surface area contributed by atoms with Crippen molar-refractivity contribution in [3.63, 3.8) is 0 Å². The Bertz CT molecular complexity index is 1290. The third-order valence-corrected chi connectivity index (χ3v) is 7.13. The highest BCUT2D eigenvalue weighted by molar-refractivity contribution is 7.99. The number of benzene rings is 2. The molecule has 0 atom stereocenters. The molecule has 1 N–H and O–H groups in total. The Balaban J connectivity index is 1.38. The molecule has 0 amide bonds. The summed E-state index contributed by atoms with van der Waals surface area (Å²) in [6.45, 7) is 0. The normalized spacial score (nSPS) is 14.6. The number of nitrogens with zero attached hydrogens (tertiary/aromatic N) is 4. The van der Waals surface area contributed by atoms with Gasteiger partial charge in [-0.15, -0.1) is 10.2 Å². The van der Waals surface area contributed by atoms with Crippen LogP contribution in [-0.2, 0) is 6.42 Å². The molecule has 5 rings (SSSR count). The first-order valence-corrected chi connectivity index (χ1v) is 12.4. The molecule has 0 radical (unpaired) electrons. The molecule has 33 heavy (non-hydrogen) atoms. The number of thioether (sulfide) groups is 1. The number of para-hydroxylation sites is 1. The van der Waals surface area contributed by atoms with Gasteiger partial charge in [-0.05, 0) is 49.2 Å². The molecule has 4 aromatic rings. The van der Waals surface area contributed by atoms with Crippen LogP contribution in [0.4, 0.5) is 0 Å². The number of fused-ring (bicyclic) bond motifs is 1. The van der Waals surface area contributed by atoms with Crippen LogP contribution in [0.25, 0.3) is 22.3 Å². The Hall–Kier alpha value is -3.13. The van der Waals surface area contributed by atoms with Crippen molar-refractivity contribution >= 4 is 22.7 Å². The van der Waals surface area contributed by atoms with Crippen molar-refractivity contribution in [3.05, 3.63) is 64.7 Å². The van der Waals surface area contributed by atoms with Crippen molar-refractivity contribution in [1.29, 1.82) is 0 Å². The van der Waals surface area contributed by atoms with Gasteiger partial charge in [-0.2, -0.15) is 0 Å². The average molecular weight is 462 g/mol. The molecule has 0 bridgehead atoms. The van der Waals surface area contributed by atoms with Gasteiger partial charge in [0.1, 0.15) is 11.6 Å². The van der Waals surface area contributed by atoms with Crippen LogP contribution in [0.15, 0.2) is 58.5 Å². The highest BCUT2D eigenvalue weighted by atomic mass is 32.2. The number of nitrogens with one attached hydrogen (secondary N) is 1. The van der Waals surface area contributed by atoms with Crippen molar-refractivity contribution in [1.82, 2.24) is 24.7 Å². The molecule has 2 aromatic carbocycles. The first kappa shape index (κ1) is 21.7. The molecule has 2 aromatic heterocycles. The van der Waals surface area contributed by atoms with Crippen LogP contribution in [0.2, 0.25) is 0 Å². The van der Waals surface area contributed by atoms with Gasteiger partial charge in [0.15, 0.2) is 11.0 Å². The Kier molecular flexibility index (Phi) is 6.44. The zero-order chi connectivity index (χ0) is 22.6. The molecular weight excluding hydrogens is 434 g/mol. The van der Waals surface area contributed by atoms with Crippen LogP contribution in [-0.4, -0.2) is 37.6 Å². The third-order valence-electron chi connectivity index (χ3n) is 6.18. The van der Waals surface area contributed by atoms with Gasteiger partial charge in [-0.25, -0.2) is 4.98 Å². The zero-order valence-corrected chi connectivity index (χ0v) is 19.5. The number of hydrogen-bond donors (Lipinski definition) is 1. The number of hydrogen-bond acceptors (Lipinski definition) is 6. The molecule has 0 unspecified atom stereocenters. The zero-order valence-electron chi connectivity index (χ0n) is 18.7. The molecular formula is C25H27N5O2S. The summed E-state index contributed by atoms with van der Waals surface area (Å²) in [5, 5.41) is 10.7. The topological polar surface area (TPSA) is 85.7 Å². The van der Waals surface area contributed by atoms with E-state index in [1.807, 2.05) is 42.5 Å². The maximum Gasteiger partial charge on any atom is 0.258 e. The second-order valence-corrected chi connectivity index (χ2v) is 9.39. The number of H-pyrrole nitrogens is 1. The minimum atomic E-state index is -0.0900. The second kappa shape index (κ2) is 9.79. The summed E-state index contributed by atoms with van der Waals surface area (Å²) in [4.78, 5) is 19.9. The summed E-state index contributed by atoms with van der Waals surface area (Å²) in [5.74, 6) is 3.19. The number of aromatic amines is 1. The average Bonchev–Trinajstić information content (AvgIpc) is 3.28. The Morgan fingerprint density at radius 2 is 1.85 bits per heavy atom. The molecule has 1 aliphatic rings. The number of ether oxygens (including phenoxy) is 1. The number of rotatable bonds is 7. The van der Waals surface area contributed by atoms with Crippen LogP contribution in [0, 0.1) is 0 Å². The highest BCUT2D eigenvalue weighted by Gasteiger charge is 2.24. The van der Waals surface area contributed by atoms with Gasteiger partial charge in [-0.3, -0.25) is 9.36 Å². The third kappa shape index (κ3) is 4.66. The number of aryl methyl sites for hydroxylation is 1. The summed E-state index contributed by atoms with van der Waals surface area (Å²) in [5.41, 5.74) is 1.68. The molecule has 8 heteroatoms. The predicted octanol–water partition coefficient (Wildman–Crippen LogP) is 5.03. The van der Waals surface area contributed by atoms with E-state index >= 15 is 0 Å². The first-order chi connectivity index (χ1) is 16.2. The van der Waals surface area contributed by atoms with E-state index in [4.69, 9.17) is 4.74 Å². The van der Waals surface area contributed by atoms with Crippen molar-refractivity contribution in [2.45, 2.75) is 49.7 Å². The van der Waals surface area contributed by atoms with E-state index in [0.717, 1.165) is 46.4 Å². The van der Waals surface area contributed by atoms with Crippen LogP contribution < -0.4 is 10.3 Å². The van der Waals surface area contributed by atoms with Gasteiger partial charge < -0.3 is 9.72 Å². The lowest BCUT2D eigenvalue weighted by Gasteiger charge is -2.25. The molecule has 1 aliphatic carbocycles. The monoisotopic (exact) mass is 461 g/mol. The lowest BCUT2D eigenvalue weighted by molar-refractivity contribution is 0.339. The molecule has 0 saturated heterocycles. The largest absolute Gasteiger partial charge is 0.497 e. The highest BCUT2D eigenvalue weighted by Crippen LogP contribution is 2.36. The maximum absolute atomic E-state index is 12.4. The van der Waals surface area contributed by atoms with E-state index < -0.39 is 0 Å². The second-order valence-electron chi connectivity index (χ2n) is 8.32. The summed E-state index contributed by atoms with van der Waals surface area (Å²) in [6, 6.07) is 15.9. The van der Waals surface area contributed by atoms with Crippen molar-refractivity contribution in [2.75, 3.05) is 12.9 Å². The molecule has 0 spiro atoms. The van der Waals surface area contributed by atoms with E-state index in [0.29, 0.717) is 23.7 Å². The lowest BCUT2D eigenvalue weighted by atomic mass is 9.95. The standard InChI is InChI=1S/C25H27N5O2S/c1-32-19-13-11-17(12-14-19)23-28-29-25(30(23)18-7-3-2-4-8-18)33-16-15-22-26-21-10-6-5-9-20(21)24(31)27-22/h5-6,9-14,18H,2-4,7-8,15-16H2,1H3,(H,26,27,31). The van der Waals surface area contributed by atoms with Crippen molar-refractivity contribution in [2.24, 2.45) is 0 Å². The molecule has 0 aliphatic heterocycles. The van der Waals surface area contributed by atoms with Crippen LogP contribution in [0.1, 0.15) is 44.0 Å². The van der Waals surface area contributed by atoms with E-state index in [-0.39, 0.29) is 5.56 Å². The van der Waals surface area contributed by atoms with Crippen LogP contribution in [0.3, 0.4) is 0 Å². The fourth-order valence-corrected chi connectivity index (χ4v) is 5.42. The van der Waals surface area contributed by atoms with Crippen molar-refractivity contribution < 1.29 is 4.74 Å². The fraction of sp³-hybridized carbons (Fsp3) is 0.360. The van der Waals surface area contributed by atoms with Gasteiger partial charge in [0.05, 0.1) is 18.0 Å². The maximum atomic E-state index is 12.4. The summed E-state index contributed by atoms with van der Waals surface area (Å²) >= 11 is 1.67. The summed E-state index contributed by atoms with van der Waals surface area (Å²) < 4.78 is 7.63. The summed E-state index contributed by atoms with van der Waals surface area (Å²) in [7, 11) is 1.67. The van der Waals surface area contributed by atoms with Gasteiger partial charge in [-0.1, -0.05) is 43.2 Å². The first-order valence-electron chi connectivity index (χ1n) is 11.4. The smallest absolute Gasteiger partial charge is 0.258 e. The van der Waals surface area contributed by atoms with E-state index in [1.165, 1.54) is 19.3 Å². The van der Waals surface area contributed by atoms with E-state index in [2.05, 4.69) is 24.7 Å². The molecule has 2 heterocycles. The predicted molar refractivity (Wildman–Crippen MR) is 131 cm³/mol. The number of aromatic nitrogens is 5. The Labute approximate surface area is 196 Å². The molecule has 170 valence electrons. The van der Waals surface area contributed by atoms with Crippen LogP contribution >= 0.6 is 11.8 Å². The van der Waals surface area contributed by atoms with Gasteiger partial charge in [0.2, 0.25) is 0 Å². The van der Waals surface area contributed by atoms with Gasteiger partial charge >= 0.3 is 0 Å². The van der Waals surface area contributed by atoms with Crippen LogP contribution in [0.5, 0.6) is 5.75 Å². The molecule has 1 saturated carbocycles. The summed E-state index contributed by atoms with van der Waals surface area (Å²) in [6.07, 6.45) is 6.71. The molecule has 1 fully saturated rings. The van der Waals surface area contributed by atoms with E-state index in [9.17, 15) is 4.79 Å². The fourth-order valence-electron chi connectivity index (χ4n) is 4.47. The van der Waals surface area contributed by atoms with Gasteiger partial charge in [0.25, 0.3) is 5.56 Å². The minimum Gasteiger partial charge on any atom is -0.497 e. The Morgan fingerprint density at radius 1 is 1.06 bits per heavy atom. The quantitative estimate of drug-likeness (QED) is 0.389. The molecule has 7 nitrogen and oxygen atoms in total. The SMILES string of the molecule is COc1ccc(-c2nnc(SCCc3nc4ccccc4c(=O)[nH]3)n2C2CCCCC2)cc1. The van der Waals surface area contributed by atoms with E-state index in [1.54, 1.807) is 24.9 Å². The van der Waals surface area contributed by atoms with Crippen molar-refractivity contribution in [3.8, 4) is 17.1 Å². The number of methoxy groups -OCH3 is 1. The lowest BCUT2D eigenvalue weighted by Crippen LogP contribution is -2.15.